The number of nitrogens with one attached hydrogen (secondary N) is 2. The van der Waals surface area contributed by atoms with Crippen molar-refractivity contribution in [2.24, 2.45) is 0 Å². The molecule has 0 radical (unpaired) electrons. The molecular weight excluding hydrogens is 250 g/mol. The number of carbonyl (C=O) groups excluding carboxylic acids is 1. The SMILES string of the molecule is Cc1cc(C(=O)NCC[C@@H]2CCCN2)c(F)cc1F. The van der Waals surface area contributed by atoms with Crippen molar-refractivity contribution in [3.8, 4) is 0 Å². The molecule has 1 aromatic carbocycles. The van der Waals surface area contributed by atoms with Gasteiger partial charge in [-0.2, -0.15) is 0 Å². The molecule has 0 bridgehead atoms. The van der Waals surface area contributed by atoms with E-state index in [0.29, 0.717) is 12.6 Å². The van der Waals surface area contributed by atoms with Gasteiger partial charge in [0.25, 0.3) is 5.91 Å². The molecule has 2 N–H and O–H groups in total. The summed E-state index contributed by atoms with van der Waals surface area (Å²) >= 11 is 0. The molecule has 104 valence electrons. The molecule has 1 saturated heterocycles. The van der Waals surface area contributed by atoms with Crippen molar-refractivity contribution in [2.45, 2.75) is 32.2 Å². The summed E-state index contributed by atoms with van der Waals surface area (Å²) in [7, 11) is 0. The molecule has 19 heavy (non-hydrogen) atoms. The van der Waals surface area contributed by atoms with Crippen LogP contribution >= 0.6 is 0 Å². The summed E-state index contributed by atoms with van der Waals surface area (Å²) < 4.78 is 26.6. The third-order valence-electron chi connectivity index (χ3n) is 3.43. The van der Waals surface area contributed by atoms with Crippen LogP contribution < -0.4 is 10.6 Å². The predicted octanol–water partition coefficient (Wildman–Crippen LogP) is 2.15. The van der Waals surface area contributed by atoms with Gasteiger partial charge in [0.1, 0.15) is 11.6 Å². The van der Waals surface area contributed by atoms with Crippen LogP contribution in [-0.2, 0) is 0 Å². The van der Waals surface area contributed by atoms with Gasteiger partial charge in [0.2, 0.25) is 0 Å². The molecule has 1 amide bonds. The number of amides is 1. The highest BCUT2D eigenvalue weighted by atomic mass is 19.1. The lowest BCUT2D eigenvalue weighted by atomic mass is 10.1. The van der Waals surface area contributed by atoms with Gasteiger partial charge in [0.05, 0.1) is 5.56 Å². The highest BCUT2D eigenvalue weighted by Crippen LogP contribution is 2.14. The Morgan fingerprint density at radius 2 is 2.21 bits per heavy atom. The first-order valence-electron chi connectivity index (χ1n) is 6.55. The van der Waals surface area contributed by atoms with Crippen LogP contribution in [0.1, 0.15) is 35.2 Å². The molecule has 1 atom stereocenters. The molecular formula is C14H18F2N2O. The van der Waals surface area contributed by atoms with E-state index in [1.807, 2.05) is 0 Å². The van der Waals surface area contributed by atoms with Crippen LogP contribution in [0.3, 0.4) is 0 Å². The summed E-state index contributed by atoms with van der Waals surface area (Å²) in [6, 6.07) is 2.43. The molecule has 1 aromatic rings. The Balaban J connectivity index is 1.90. The van der Waals surface area contributed by atoms with Crippen LogP contribution in [0, 0.1) is 18.6 Å². The molecule has 0 unspecified atom stereocenters. The minimum absolute atomic E-state index is 0.0988. The number of aryl methyl sites for hydroxylation is 1. The molecule has 0 aliphatic carbocycles. The van der Waals surface area contributed by atoms with Crippen LogP contribution in [-0.4, -0.2) is 25.0 Å². The van der Waals surface area contributed by atoms with Crippen LogP contribution in [0.4, 0.5) is 8.78 Å². The highest BCUT2D eigenvalue weighted by Gasteiger charge is 2.16. The number of carbonyl (C=O) groups is 1. The van der Waals surface area contributed by atoms with Gasteiger partial charge in [-0.25, -0.2) is 8.78 Å². The van der Waals surface area contributed by atoms with Crippen molar-refractivity contribution in [2.75, 3.05) is 13.1 Å². The molecule has 0 spiro atoms. The first-order chi connectivity index (χ1) is 9.08. The zero-order valence-corrected chi connectivity index (χ0v) is 10.9. The fourth-order valence-electron chi connectivity index (χ4n) is 2.29. The van der Waals surface area contributed by atoms with E-state index >= 15 is 0 Å². The third-order valence-corrected chi connectivity index (χ3v) is 3.43. The van der Waals surface area contributed by atoms with Gasteiger partial charge in [0.15, 0.2) is 0 Å². The quantitative estimate of drug-likeness (QED) is 0.878. The molecule has 0 aromatic heterocycles. The van der Waals surface area contributed by atoms with Crippen LogP contribution in [0.5, 0.6) is 0 Å². The first kappa shape index (κ1) is 13.9. The van der Waals surface area contributed by atoms with Gasteiger partial charge in [-0.05, 0) is 44.4 Å². The minimum atomic E-state index is -0.820. The summed E-state index contributed by atoms with van der Waals surface area (Å²) in [6.45, 7) is 3.02. The van der Waals surface area contributed by atoms with Gasteiger partial charge >= 0.3 is 0 Å². The summed E-state index contributed by atoms with van der Waals surface area (Å²) in [5.74, 6) is -1.94. The van der Waals surface area contributed by atoms with Crippen molar-refractivity contribution in [1.82, 2.24) is 10.6 Å². The second-order valence-electron chi connectivity index (χ2n) is 4.92. The lowest BCUT2D eigenvalue weighted by molar-refractivity contribution is 0.0948. The van der Waals surface area contributed by atoms with E-state index in [2.05, 4.69) is 10.6 Å². The summed E-state index contributed by atoms with van der Waals surface area (Å²) in [4.78, 5) is 11.8. The number of hydrogen-bond donors (Lipinski definition) is 2. The van der Waals surface area contributed by atoms with E-state index in [0.717, 1.165) is 31.9 Å². The maximum absolute atomic E-state index is 13.5. The van der Waals surface area contributed by atoms with Crippen molar-refractivity contribution in [1.29, 1.82) is 0 Å². The fraction of sp³-hybridized carbons (Fsp3) is 0.500. The van der Waals surface area contributed by atoms with Crippen molar-refractivity contribution in [3.63, 3.8) is 0 Å². The Kier molecular flexibility index (Phi) is 4.47. The Bertz CT molecular complexity index is 471. The molecule has 3 nitrogen and oxygen atoms in total. The van der Waals surface area contributed by atoms with Gasteiger partial charge < -0.3 is 10.6 Å². The molecule has 0 saturated carbocycles. The lowest BCUT2D eigenvalue weighted by Crippen LogP contribution is -2.31. The maximum Gasteiger partial charge on any atom is 0.254 e. The molecule has 1 aliphatic rings. The van der Waals surface area contributed by atoms with E-state index in [4.69, 9.17) is 0 Å². The second kappa shape index (κ2) is 6.10. The van der Waals surface area contributed by atoms with E-state index in [-0.39, 0.29) is 11.1 Å². The average molecular weight is 268 g/mol. The Hall–Kier alpha value is -1.49. The number of benzene rings is 1. The van der Waals surface area contributed by atoms with E-state index < -0.39 is 17.5 Å². The maximum atomic E-state index is 13.5. The van der Waals surface area contributed by atoms with Gasteiger partial charge in [-0.1, -0.05) is 0 Å². The Morgan fingerprint density at radius 1 is 1.42 bits per heavy atom. The number of rotatable bonds is 4. The van der Waals surface area contributed by atoms with Crippen molar-refractivity contribution >= 4 is 5.91 Å². The zero-order valence-electron chi connectivity index (χ0n) is 10.9. The van der Waals surface area contributed by atoms with Gasteiger partial charge in [-0.3, -0.25) is 4.79 Å². The first-order valence-corrected chi connectivity index (χ1v) is 6.55. The lowest BCUT2D eigenvalue weighted by Gasteiger charge is -2.11. The standard InChI is InChI=1S/C14H18F2N2O/c1-9-7-11(13(16)8-12(9)15)14(19)18-6-4-10-3-2-5-17-10/h7-8,10,17H,2-6H2,1H3,(H,18,19)/t10-/m0/s1. The summed E-state index contributed by atoms with van der Waals surface area (Å²) in [6.07, 6.45) is 3.10. The monoisotopic (exact) mass is 268 g/mol. The largest absolute Gasteiger partial charge is 0.352 e. The highest BCUT2D eigenvalue weighted by molar-refractivity contribution is 5.94. The van der Waals surface area contributed by atoms with E-state index in [1.54, 1.807) is 0 Å². The Morgan fingerprint density at radius 3 is 2.89 bits per heavy atom. The zero-order chi connectivity index (χ0) is 13.8. The molecule has 1 aliphatic heterocycles. The third kappa shape index (κ3) is 3.50. The van der Waals surface area contributed by atoms with Crippen LogP contribution in [0.25, 0.3) is 0 Å². The van der Waals surface area contributed by atoms with Crippen molar-refractivity contribution < 1.29 is 13.6 Å². The second-order valence-corrected chi connectivity index (χ2v) is 4.92. The Labute approximate surface area is 111 Å². The number of hydrogen-bond acceptors (Lipinski definition) is 2. The molecule has 2 rings (SSSR count). The van der Waals surface area contributed by atoms with E-state index in [9.17, 15) is 13.6 Å². The normalized spacial score (nSPS) is 18.6. The predicted molar refractivity (Wildman–Crippen MR) is 69.1 cm³/mol. The molecule has 5 heteroatoms. The average Bonchev–Trinajstić information content (AvgIpc) is 2.86. The fourth-order valence-corrected chi connectivity index (χ4v) is 2.29. The van der Waals surface area contributed by atoms with Crippen LogP contribution in [0.2, 0.25) is 0 Å². The number of halogens is 2. The van der Waals surface area contributed by atoms with Crippen molar-refractivity contribution in [3.05, 3.63) is 34.9 Å². The minimum Gasteiger partial charge on any atom is -0.352 e. The van der Waals surface area contributed by atoms with Gasteiger partial charge in [-0.15, -0.1) is 0 Å². The smallest absolute Gasteiger partial charge is 0.254 e. The van der Waals surface area contributed by atoms with Crippen LogP contribution in [0.15, 0.2) is 12.1 Å². The molecule has 1 heterocycles. The van der Waals surface area contributed by atoms with Gasteiger partial charge in [0, 0.05) is 18.7 Å². The topological polar surface area (TPSA) is 41.1 Å². The summed E-state index contributed by atoms with van der Waals surface area (Å²) in [5.41, 5.74) is 0.169. The van der Waals surface area contributed by atoms with E-state index in [1.165, 1.54) is 13.0 Å². The molecule has 1 fully saturated rings. The summed E-state index contributed by atoms with van der Waals surface area (Å²) in [5, 5.41) is 6.00.